The highest BCUT2D eigenvalue weighted by atomic mass is 32.2. The van der Waals surface area contributed by atoms with Crippen LogP contribution in [-0.4, -0.2) is 21.5 Å². The Kier molecular flexibility index (Phi) is 8.66. The van der Waals surface area contributed by atoms with Crippen LogP contribution >= 0.6 is 0 Å². The zero-order valence-electron chi connectivity index (χ0n) is 19.2. The number of esters is 1. The van der Waals surface area contributed by atoms with Gasteiger partial charge in [-0.2, -0.15) is 0 Å². The second-order valence-electron chi connectivity index (χ2n) is 8.26. The van der Waals surface area contributed by atoms with Crippen molar-refractivity contribution in [3.05, 3.63) is 95.6 Å². The Morgan fingerprint density at radius 2 is 1.58 bits per heavy atom. The smallest absolute Gasteiger partial charge is 0.308 e. The standard InChI is InChI=1S/C27H31NO4S/c1-21-14-18-26(19-15-21)33(30,31)28-25-13-7-11-23(20-25)10-6-12-24(27(29)32-2)17-16-22-8-4-3-5-9-22/h3-5,7-9,11,13-15,18-20,24,28H,6,10,12,16-17H2,1-2H3. The molecule has 3 rings (SSSR count). The van der Waals surface area contributed by atoms with E-state index in [9.17, 15) is 13.2 Å². The fourth-order valence-electron chi connectivity index (χ4n) is 3.81. The lowest BCUT2D eigenvalue weighted by molar-refractivity contribution is -0.145. The van der Waals surface area contributed by atoms with E-state index >= 15 is 0 Å². The van der Waals surface area contributed by atoms with Crippen molar-refractivity contribution in [3.8, 4) is 0 Å². The third kappa shape index (κ3) is 7.46. The number of rotatable bonds is 11. The number of aryl methyl sites for hydroxylation is 3. The van der Waals surface area contributed by atoms with Crippen molar-refractivity contribution in [2.45, 2.75) is 43.9 Å². The van der Waals surface area contributed by atoms with Gasteiger partial charge in [-0.15, -0.1) is 0 Å². The summed E-state index contributed by atoms with van der Waals surface area (Å²) >= 11 is 0. The van der Waals surface area contributed by atoms with E-state index in [4.69, 9.17) is 4.74 Å². The van der Waals surface area contributed by atoms with Crippen LogP contribution in [0, 0.1) is 12.8 Å². The van der Waals surface area contributed by atoms with Gasteiger partial charge in [-0.25, -0.2) is 8.42 Å². The van der Waals surface area contributed by atoms with Gasteiger partial charge in [0, 0.05) is 5.69 Å². The van der Waals surface area contributed by atoms with Gasteiger partial charge < -0.3 is 4.74 Å². The fourth-order valence-corrected chi connectivity index (χ4v) is 4.86. The summed E-state index contributed by atoms with van der Waals surface area (Å²) in [6.45, 7) is 1.92. The number of carbonyl (C=O) groups is 1. The molecule has 0 aliphatic carbocycles. The molecule has 0 aromatic heterocycles. The van der Waals surface area contributed by atoms with Gasteiger partial charge in [0.15, 0.2) is 0 Å². The first kappa shape index (κ1) is 24.5. The molecule has 33 heavy (non-hydrogen) atoms. The maximum atomic E-state index is 12.7. The lowest BCUT2D eigenvalue weighted by Gasteiger charge is -2.15. The highest BCUT2D eigenvalue weighted by Gasteiger charge is 2.19. The van der Waals surface area contributed by atoms with Crippen LogP contribution in [0.25, 0.3) is 0 Å². The Morgan fingerprint density at radius 1 is 0.879 bits per heavy atom. The molecule has 0 saturated heterocycles. The summed E-state index contributed by atoms with van der Waals surface area (Å²) in [7, 11) is -2.21. The maximum Gasteiger partial charge on any atom is 0.308 e. The minimum absolute atomic E-state index is 0.154. The minimum atomic E-state index is -3.64. The number of ether oxygens (including phenoxy) is 1. The number of anilines is 1. The van der Waals surface area contributed by atoms with Crippen LogP contribution in [0.4, 0.5) is 5.69 Å². The normalized spacial score (nSPS) is 12.2. The second kappa shape index (κ2) is 11.7. The van der Waals surface area contributed by atoms with Crippen LogP contribution in [0.15, 0.2) is 83.8 Å². The average Bonchev–Trinajstić information content (AvgIpc) is 2.81. The number of methoxy groups -OCH3 is 1. The Hall–Kier alpha value is -3.12. The number of sulfonamides is 1. The summed E-state index contributed by atoms with van der Waals surface area (Å²) in [6.07, 6.45) is 3.85. The highest BCUT2D eigenvalue weighted by Crippen LogP contribution is 2.21. The van der Waals surface area contributed by atoms with E-state index in [1.807, 2.05) is 43.3 Å². The molecule has 1 atom stereocenters. The van der Waals surface area contributed by atoms with Gasteiger partial charge in [0.25, 0.3) is 10.0 Å². The summed E-state index contributed by atoms with van der Waals surface area (Å²) in [6, 6.07) is 24.3. The lowest BCUT2D eigenvalue weighted by atomic mass is 9.93. The molecule has 3 aromatic rings. The molecule has 1 unspecified atom stereocenters. The lowest BCUT2D eigenvalue weighted by Crippen LogP contribution is -2.17. The molecule has 0 radical (unpaired) electrons. The SMILES string of the molecule is COC(=O)C(CCCc1cccc(NS(=O)(=O)c2ccc(C)cc2)c1)CCc1ccccc1. The molecular formula is C27H31NO4S. The quantitative estimate of drug-likeness (QED) is 0.377. The minimum Gasteiger partial charge on any atom is -0.469 e. The summed E-state index contributed by atoms with van der Waals surface area (Å²) in [5, 5.41) is 0. The van der Waals surface area contributed by atoms with Crippen molar-refractivity contribution in [3.63, 3.8) is 0 Å². The highest BCUT2D eigenvalue weighted by molar-refractivity contribution is 7.92. The van der Waals surface area contributed by atoms with E-state index in [1.54, 1.807) is 30.3 Å². The molecule has 0 saturated carbocycles. The van der Waals surface area contributed by atoms with Crippen molar-refractivity contribution in [1.29, 1.82) is 0 Å². The van der Waals surface area contributed by atoms with E-state index < -0.39 is 10.0 Å². The Bertz CT molecular complexity index is 1140. The monoisotopic (exact) mass is 465 g/mol. The van der Waals surface area contributed by atoms with Crippen LogP contribution in [0.5, 0.6) is 0 Å². The van der Waals surface area contributed by atoms with Crippen LogP contribution in [0.1, 0.15) is 36.0 Å². The van der Waals surface area contributed by atoms with E-state index in [-0.39, 0.29) is 16.8 Å². The van der Waals surface area contributed by atoms with Gasteiger partial charge in [0.1, 0.15) is 0 Å². The van der Waals surface area contributed by atoms with Crippen LogP contribution < -0.4 is 4.72 Å². The van der Waals surface area contributed by atoms with Gasteiger partial charge in [0.05, 0.1) is 17.9 Å². The Balaban J connectivity index is 1.57. The molecule has 174 valence electrons. The van der Waals surface area contributed by atoms with E-state index in [0.717, 1.165) is 43.2 Å². The number of hydrogen-bond acceptors (Lipinski definition) is 4. The molecule has 5 nitrogen and oxygen atoms in total. The molecule has 0 fully saturated rings. The van der Waals surface area contributed by atoms with Gasteiger partial charge in [-0.3, -0.25) is 9.52 Å². The van der Waals surface area contributed by atoms with Gasteiger partial charge in [-0.1, -0.05) is 60.2 Å². The predicted molar refractivity (Wildman–Crippen MR) is 132 cm³/mol. The van der Waals surface area contributed by atoms with Gasteiger partial charge in [-0.05, 0) is 74.4 Å². The third-order valence-corrected chi connectivity index (χ3v) is 7.08. The number of carbonyl (C=O) groups excluding carboxylic acids is 1. The first-order valence-electron chi connectivity index (χ1n) is 11.2. The summed E-state index contributed by atoms with van der Waals surface area (Å²) in [5.74, 6) is -0.330. The van der Waals surface area contributed by atoms with Crippen molar-refractivity contribution >= 4 is 21.7 Å². The first-order chi connectivity index (χ1) is 15.9. The maximum absolute atomic E-state index is 12.7. The molecule has 6 heteroatoms. The Morgan fingerprint density at radius 3 is 2.27 bits per heavy atom. The van der Waals surface area contributed by atoms with E-state index in [2.05, 4.69) is 16.9 Å². The largest absolute Gasteiger partial charge is 0.469 e. The third-order valence-electron chi connectivity index (χ3n) is 5.69. The van der Waals surface area contributed by atoms with E-state index in [1.165, 1.54) is 12.7 Å². The molecule has 0 aliphatic heterocycles. The zero-order chi connectivity index (χ0) is 23.7. The average molecular weight is 466 g/mol. The fraction of sp³-hybridized carbons (Fsp3) is 0.296. The van der Waals surface area contributed by atoms with Crippen molar-refractivity contribution in [2.24, 2.45) is 5.92 Å². The van der Waals surface area contributed by atoms with Crippen molar-refractivity contribution in [1.82, 2.24) is 0 Å². The second-order valence-corrected chi connectivity index (χ2v) is 9.94. The molecular weight excluding hydrogens is 434 g/mol. The van der Waals surface area contributed by atoms with Crippen molar-refractivity contribution < 1.29 is 17.9 Å². The molecule has 0 heterocycles. The molecule has 0 amide bonds. The van der Waals surface area contributed by atoms with Crippen molar-refractivity contribution in [2.75, 3.05) is 11.8 Å². The summed E-state index contributed by atoms with van der Waals surface area (Å²) in [4.78, 5) is 12.5. The van der Waals surface area contributed by atoms with Crippen LogP contribution in [0.3, 0.4) is 0 Å². The van der Waals surface area contributed by atoms with Crippen LogP contribution in [0.2, 0.25) is 0 Å². The Labute approximate surface area is 196 Å². The van der Waals surface area contributed by atoms with Gasteiger partial charge >= 0.3 is 5.97 Å². The molecule has 0 bridgehead atoms. The number of benzene rings is 3. The van der Waals surface area contributed by atoms with Gasteiger partial charge in [0.2, 0.25) is 0 Å². The number of hydrogen-bond donors (Lipinski definition) is 1. The molecule has 0 spiro atoms. The molecule has 3 aromatic carbocycles. The first-order valence-corrected chi connectivity index (χ1v) is 12.7. The predicted octanol–water partition coefficient (Wildman–Crippen LogP) is 5.54. The van der Waals surface area contributed by atoms with E-state index in [0.29, 0.717) is 5.69 Å². The summed E-state index contributed by atoms with van der Waals surface area (Å²) < 4.78 is 33.0. The zero-order valence-corrected chi connectivity index (χ0v) is 20.0. The topological polar surface area (TPSA) is 72.5 Å². The summed E-state index contributed by atoms with van der Waals surface area (Å²) in [5.41, 5.74) is 3.76. The molecule has 1 N–H and O–H groups in total. The van der Waals surface area contributed by atoms with Crippen LogP contribution in [-0.2, 0) is 32.4 Å². The molecule has 0 aliphatic rings. The number of nitrogens with one attached hydrogen (secondary N) is 1.